The van der Waals surface area contributed by atoms with Crippen molar-refractivity contribution in [3.05, 3.63) is 0 Å². The Kier molecular flexibility index (Phi) is 7.92. The fraction of sp³-hybridized carbons (Fsp3) is 0.875. The van der Waals surface area contributed by atoms with Gasteiger partial charge in [-0.25, -0.2) is 0 Å². The molecule has 0 amide bonds. The Bertz CT molecular complexity index is 223. The van der Waals surface area contributed by atoms with Gasteiger partial charge in [0.05, 0.1) is 12.9 Å². The molecule has 0 aromatic heterocycles. The quantitative estimate of drug-likeness (QED) is 0.430. The molecule has 0 aliphatic rings. The maximum absolute atomic E-state index is 5.48. The van der Waals surface area contributed by atoms with Crippen LogP contribution in [0.1, 0.15) is 27.2 Å². The Morgan fingerprint density at radius 3 is 2.71 bits per heavy atom. The van der Waals surface area contributed by atoms with Crippen LogP contribution in [0, 0.1) is 0 Å². The van der Waals surface area contributed by atoms with Gasteiger partial charge >= 0.3 is 0 Å². The third-order valence-electron chi connectivity index (χ3n) is 1.68. The summed E-state index contributed by atoms with van der Waals surface area (Å²) in [6, 6.07) is 0.342. The van der Waals surface area contributed by atoms with Gasteiger partial charge in [0.2, 0.25) is 5.62 Å². The highest BCUT2D eigenvalue weighted by Gasteiger charge is 2.12. The fourth-order valence-corrected chi connectivity index (χ4v) is 3.03. The zero-order chi connectivity index (χ0) is 11.0. The van der Waals surface area contributed by atoms with E-state index in [0.29, 0.717) is 12.6 Å². The van der Waals surface area contributed by atoms with Gasteiger partial charge in [-0.05, 0) is 38.3 Å². The Labute approximate surface area is 96.0 Å². The minimum atomic E-state index is -1.92. The maximum Gasteiger partial charge on any atom is 0.210 e. The molecule has 0 radical (unpaired) electrons. The Hall–Kier alpha value is 0.430. The van der Waals surface area contributed by atoms with E-state index in [0.717, 1.165) is 6.42 Å². The summed E-state index contributed by atoms with van der Waals surface area (Å²) >= 11 is 6.90. The summed E-state index contributed by atoms with van der Waals surface area (Å²) < 4.78 is 5.48. The number of nitrogens with zero attached hydrogens (tertiary/aromatic N) is 1. The van der Waals surface area contributed by atoms with Crippen molar-refractivity contribution in [1.29, 1.82) is 0 Å². The van der Waals surface area contributed by atoms with Crippen molar-refractivity contribution in [2.24, 2.45) is 4.99 Å². The third kappa shape index (κ3) is 6.02. The van der Waals surface area contributed by atoms with Gasteiger partial charge in [-0.15, -0.1) is 0 Å². The van der Waals surface area contributed by atoms with Crippen LogP contribution in [0.5, 0.6) is 0 Å². The lowest BCUT2D eigenvalue weighted by Crippen LogP contribution is -2.09. The lowest BCUT2D eigenvalue weighted by Gasteiger charge is -2.18. The largest absolute Gasteiger partial charge is 0.327 e. The van der Waals surface area contributed by atoms with E-state index in [1.54, 1.807) is 17.7 Å². The molecule has 0 spiro atoms. The summed E-state index contributed by atoms with van der Waals surface area (Å²) in [6.45, 7) is 6.77. The Morgan fingerprint density at radius 1 is 1.64 bits per heavy atom. The fourth-order valence-electron chi connectivity index (χ4n) is 0.649. The topological polar surface area (TPSA) is 33.6 Å². The molecule has 2 unspecified atom stereocenters. The molecule has 0 bridgehead atoms. The number of aliphatic imine (C=N–C) groups is 1. The molecule has 84 valence electrons. The molecule has 0 rings (SSSR count). The summed E-state index contributed by atoms with van der Waals surface area (Å²) in [6.07, 6.45) is 4.69. The molecular weight excluding hydrogens is 235 g/mol. The first kappa shape index (κ1) is 14.4. The summed E-state index contributed by atoms with van der Waals surface area (Å²) in [5.41, 5.74) is -1.92. The van der Waals surface area contributed by atoms with Crippen molar-refractivity contribution in [2.45, 2.75) is 33.2 Å². The predicted molar refractivity (Wildman–Crippen MR) is 70.8 cm³/mol. The van der Waals surface area contributed by atoms with E-state index >= 15 is 0 Å². The highest BCUT2D eigenvalue weighted by Crippen LogP contribution is 2.53. The Morgan fingerprint density at radius 2 is 2.29 bits per heavy atom. The van der Waals surface area contributed by atoms with Crippen LogP contribution < -0.4 is 5.09 Å². The summed E-state index contributed by atoms with van der Waals surface area (Å²) in [5, 5.41) is 3.09. The highest BCUT2D eigenvalue weighted by molar-refractivity contribution is 8.68. The van der Waals surface area contributed by atoms with Crippen molar-refractivity contribution in [3.63, 3.8) is 0 Å². The van der Waals surface area contributed by atoms with E-state index in [1.807, 2.05) is 13.2 Å². The Balaban J connectivity index is 4.07. The van der Waals surface area contributed by atoms with Gasteiger partial charge in [0.1, 0.15) is 0 Å². The van der Waals surface area contributed by atoms with Crippen LogP contribution in [-0.4, -0.2) is 25.2 Å². The minimum absolute atomic E-state index is 0.342. The predicted octanol–water partition coefficient (Wildman–Crippen LogP) is 3.03. The normalized spacial score (nSPS) is 18.0. The van der Waals surface area contributed by atoms with Gasteiger partial charge in [0, 0.05) is 6.04 Å². The van der Waals surface area contributed by atoms with E-state index in [2.05, 4.69) is 23.9 Å². The van der Waals surface area contributed by atoms with Crippen molar-refractivity contribution in [2.75, 3.05) is 12.9 Å². The smallest absolute Gasteiger partial charge is 0.210 e. The number of nitrogens with one attached hydrogen (secondary N) is 1. The highest BCUT2D eigenvalue weighted by atomic mass is 32.9. The van der Waals surface area contributed by atoms with Crippen molar-refractivity contribution in [1.82, 2.24) is 5.09 Å². The molecule has 0 aromatic carbocycles. The minimum Gasteiger partial charge on any atom is -0.327 e. The van der Waals surface area contributed by atoms with Gasteiger partial charge in [-0.1, -0.05) is 18.3 Å². The summed E-state index contributed by atoms with van der Waals surface area (Å²) in [4.78, 5) is 4.29. The lowest BCUT2D eigenvalue weighted by molar-refractivity contribution is 0.383. The molecule has 0 aliphatic heterocycles. The summed E-state index contributed by atoms with van der Waals surface area (Å²) in [5.74, 6) is 0. The standard InChI is InChI=1S/C8H19N2OPS2/c1-5-8(3)9-7-10-12(13,14-4)11-6-2/h7-8H,5-6H2,1-4H3,(H,9,10,13). The van der Waals surface area contributed by atoms with E-state index < -0.39 is 5.62 Å². The van der Waals surface area contributed by atoms with E-state index in [-0.39, 0.29) is 0 Å². The number of hydrogen-bond donors (Lipinski definition) is 1. The zero-order valence-corrected chi connectivity index (χ0v) is 11.7. The molecule has 0 aliphatic carbocycles. The van der Waals surface area contributed by atoms with Crippen molar-refractivity contribution >= 4 is 35.1 Å². The zero-order valence-electron chi connectivity index (χ0n) is 9.19. The second-order valence-corrected chi connectivity index (χ2v) is 9.51. The molecule has 2 atom stereocenters. The van der Waals surface area contributed by atoms with Crippen LogP contribution in [0.3, 0.4) is 0 Å². The van der Waals surface area contributed by atoms with Gasteiger partial charge in [0.25, 0.3) is 0 Å². The van der Waals surface area contributed by atoms with Gasteiger partial charge < -0.3 is 9.61 Å². The number of rotatable bonds is 7. The van der Waals surface area contributed by atoms with E-state index in [4.69, 9.17) is 16.3 Å². The summed E-state index contributed by atoms with van der Waals surface area (Å²) in [7, 11) is 0. The first-order chi connectivity index (χ1) is 6.58. The number of hydrogen-bond acceptors (Lipinski definition) is 4. The SMILES string of the molecule is CCOP(=S)(NC=NC(C)CC)SC. The molecule has 0 aromatic rings. The van der Waals surface area contributed by atoms with E-state index in [9.17, 15) is 0 Å². The second kappa shape index (κ2) is 7.69. The molecular formula is C8H19N2OPS2. The molecule has 0 saturated heterocycles. The molecule has 14 heavy (non-hydrogen) atoms. The van der Waals surface area contributed by atoms with Crippen LogP contribution in [0.15, 0.2) is 4.99 Å². The van der Waals surface area contributed by atoms with Crippen LogP contribution >= 0.6 is 17.0 Å². The van der Waals surface area contributed by atoms with Gasteiger partial charge in [0.15, 0.2) is 0 Å². The monoisotopic (exact) mass is 254 g/mol. The maximum atomic E-state index is 5.48. The molecule has 1 N–H and O–H groups in total. The average molecular weight is 254 g/mol. The second-order valence-electron chi connectivity index (χ2n) is 2.76. The molecule has 0 fully saturated rings. The molecule has 3 nitrogen and oxygen atoms in total. The van der Waals surface area contributed by atoms with Gasteiger partial charge in [-0.3, -0.25) is 4.99 Å². The van der Waals surface area contributed by atoms with Crippen molar-refractivity contribution in [3.8, 4) is 0 Å². The molecule has 0 heterocycles. The third-order valence-corrected chi connectivity index (χ3v) is 7.23. The van der Waals surface area contributed by atoms with Crippen molar-refractivity contribution < 1.29 is 4.52 Å². The van der Waals surface area contributed by atoms with Crippen LogP contribution in [0.25, 0.3) is 0 Å². The van der Waals surface area contributed by atoms with Crippen LogP contribution in [0.2, 0.25) is 0 Å². The van der Waals surface area contributed by atoms with Gasteiger partial charge in [-0.2, -0.15) is 0 Å². The average Bonchev–Trinajstić information content (AvgIpc) is 2.18. The van der Waals surface area contributed by atoms with Crippen LogP contribution in [0.4, 0.5) is 0 Å². The molecule has 0 saturated carbocycles. The first-order valence-corrected chi connectivity index (χ1v) is 9.22. The molecule has 6 heteroatoms. The van der Waals surface area contributed by atoms with E-state index in [1.165, 1.54) is 0 Å². The first-order valence-electron chi connectivity index (χ1n) is 4.67. The van der Waals surface area contributed by atoms with Crippen LogP contribution in [-0.2, 0) is 16.3 Å². The lowest BCUT2D eigenvalue weighted by atomic mass is 10.3.